The summed E-state index contributed by atoms with van der Waals surface area (Å²) in [7, 11) is 0. The number of aliphatic hydroxyl groups is 1. The van der Waals surface area contributed by atoms with Crippen LogP contribution in [-0.2, 0) is 0 Å². The summed E-state index contributed by atoms with van der Waals surface area (Å²) in [6, 6.07) is 12.4. The highest BCUT2D eigenvalue weighted by Crippen LogP contribution is 2.41. The first-order chi connectivity index (χ1) is 12.2. The third-order valence-corrected chi connectivity index (χ3v) is 4.55. The predicted octanol–water partition coefficient (Wildman–Crippen LogP) is 2.61. The van der Waals surface area contributed by atoms with Crippen molar-refractivity contribution < 1.29 is 9.90 Å². The summed E-state index contributed by atoms with van der Waals surface area (Å²) in [5.41, 5.74) is 2.44. The SMILES string of the molecule is CC=Cc1ccc([C@H]2[C@@H](CO)N(C(=O)c3cccnc3)[C@H]2C#N)cc1. The van der Waals surface area contributed by atoms with Gasteiger partial charge in [-0.15, -0.1) is 0 Å². The van der Waals surface area contributed by atoms with Crippen LogP contribution in [0.2, 0.25) is 0 Å². The highest BCUT2D eigenvalue weighted by Gasteiger charge is 2.51. The van der Waals surface area contributed by atoms with Crippen LogP contribution in [0.5, 0.6) is 0 Å². The first-order valence-corrected chi connectivity index (χ1v) is 8.17. The highest BCUT2D eigenvalue weighted by molar-refractivity contribution is 5.95. The zero-order chi connectivity index (χ0) is 17.8. The molecule has 1 amide bonds. The van der Waals surface area contributed by atoms with Crippen molar-refractivity contribution in [1.82, 2.24) is 9.88 Å². The van der Waals surface area contributed by atoms with Gasteiger partial charge in [-0.05, 0) is 30.2 Å². The maximum absolute atomic E-state index is 12.7. The molecule has 1 N–H and O–H groups in total. The second-order valence-electron chi connectivity index (χ2n) is 5.97. The molecule has 1 aromatic carbocycles. The summed E-state index contributed by atoms with van der Waals surface area (Å²) < 4.78 is 0. The number of benzene rings is 1. The maximum Gasteiger partial charge on any atom is 0.256 e. The molecule has 1 aromatic heterocycles. The Morgan fingerprint density at radius 3 is 2.68 bits per heavy atom. The van der Waals surface area contributed by atoms with E-state index >= 15 is 0 Å². The van der Waals surface area contributed by atoms with Gasteiger partial charge in [0.15, 0.2) is 0 Å². The summed E-state index contributed by atoms with van der Waals surface area (Å²) in [5.74, 6) is -0.476. The van der Waals surface area contributed by atoms with Crippen LogP contribution in [0.3, 0.4) is 0 Å². The molecule has 1 saturated heterocycles. The fraction of sp³-hybridized carbons (Fsp3) is 0.250. The van der Waals surface area contributed by atoms with E-state index in [1.807, 2.05) is 43.3 Å². The van der Waals surface area contributed by atoms with Gasteiger partial charge in [-0.25, -0.2) is 0 Å². The van der Waals surface area contributed by atoms with Crippen LogP contribution >= 0.6 is 0 Å². The monoisotopic (exact) mass is 333 g/mol. The van der Waals surface area contributed by atoms with E-state index < -0.39 is 12.1 Å². The van der Waals surface area contributed by atoms with Gasteiger partial charge >= 0.3 is 0 Å². The van der Waals surface area contributed by atoms with Crippen molar-refractivity contribution in [1.29, 1.82) is 5.26 Å². The Balaban J connectivity index is 1.87. The van der Waals surface area contributed by atoms with Gasteiger partial charge in [0.25, 0.3) is 5.91 Å². The van der Waals surface area contributed by atoms with Gasteiger partial charge in [0.05, 0.1) is 24.3 Å². The first kappa shape index (κ1) is 16.9. The normalized spacial score (nSPS) is 22.4. The molecule has 0 radical (unpaired) electrons. The lowest BCUT2D eigenvalue weighted by Gasteiger charge is -2.51. The fourth-order valence-corrected chi connectivity index (χ4v) is 3.35. The second kappa shape index (κ2) is 7.29. The minimum atomic E-state index is -0.600. The Morgan fingerprint density at radius 2 is 2.12 bits per heavy atom. The van der Waals surface area contributed by atoms with Crippen molar-refractivity contribution in [2.75, 3.05) is 6.61 Å². The highest BCUT2D eigenvalue weighted by atomic mass is 16.3. The maximum atomic E-state index is 12.7. The number of amides is 1. The summed E-state index contributed by atoms with van der Waals surface area (Å²) >= 11 is 0. The number of carbonyl (C=O) groups excluding carboxylic acids is 1. The van der Waals surface area contributed by atoms with E-state index in [-0.39, 0.29) is 18.4 Å². The van der Waals surface area contributed by atoms with Crippen LogP contribution in [0.25, 0.3) is 6.08 Å². The lowest BCUT2D eigenvalue weighted by Crippen LogP contribution is -2.65. The molecule has 3 atom stereocenters. The molecule has 0 saturated carbocycles. The molecule has 25 heavy (non-hydrogen) atoms. The molecule has 2 aromatic rings. The molecule has 5 heteroatoms. The summed E-state index contributed by atoms with van der Waals surface area (Å²) in [5, 5.41) is 19.4. The Bertz CT molecular complexity index is 809. The van der Waals surface area contributed by atoms with Crippen LogP contribution in [-0.4, -0.2) is 39.6 Å². The zero-order valence-corrected chi connectivity index (χ0v) is 13.9. The third kappa shape index (κ3) is 3.04. The first-order valence-electron chi connectivity index (χ1n) is 8.17. The molecule has 1 aliphatic rings. The minimum Gasteiger partial charge on any atom is -0.394 e. The van der Waals surface area contributed by atoms with Crippen molar-refractivity contribution in [2.45, 2.75) is 24.9 Å². The molecule has 126 valence electrons. The number of rotatable bonds is 4. The Labute approximate surface area is 146 Å². The molecule has 1 aliphatic heterocycles. The number of hydrogen-bond acceptors (Lipinski definition) is 4. The second-order valence-corrected chi connectivity index (χ2v) is 5.97. The van der Waals surface area contributed by atoms with E-state index in [0.29, 0.717) is 5.56 Å². The number of nitriles is 1. The van der Waals surface area contributed by atoms with Crippen LogP contribution in [0.15, 0.2) is 54.9 Å². The van der Waals surface area contributed by atoms with E-state index in [1.165, 1.54) is 11.1 Å². The van der Waals surface area contributed by atoms with Crippen molar-refractivity contribution in [3.63, 3.8) is 0 Å². The average Bonchev–Trinajstić information content (AvgIpc) is 2.64. The molecule has 0 bridgehead atoms. The van der Waals surface area contributed by atoms with Crippen LogP contribution in [0.1, 0.15) is 34.3 Å². The van der Waals surface area contributed by atoms with Crippen molar-refractivity contribution >= 4 is 12.0 Å². The van der Waals surface area contributed by atoms with Crippen molar-refractivity contribution in [2.24, 2.45) is 0 Å². The number of nitrogens with zero attached hydrogens (tertiary/aromatic N) is 3. The van der Waals surface area contributed by atoms with Gasteiger partial charge < -0.3 is 10.0 Å². The number of likely N-dealkylation sites (tertiary alicyclic amines) is 1. The van der Waals surface area contributed by atoms with Crippen LogP contribution in [0, 0.1) is 11.3 Å². The Hall–Kier alpha value is -2.97. The molecule has 3 rings (SSSR count). The topological polar surface area (TPSA) is 77.2 Å². The molecule has 0 unspecified atom stereocenters. The van der Waals surface area contributed by atoms with Crippen LogP contribution in [0.4, 0.5) is 0 Å². The summed E-state index contributed by atoms with van der Waals surface area (Å²) in [4.78, 5) is 18.1. The van der Waals surface area contributed by atoms with Crippen molar-refractivity contribution in [3.8, 4) is 6.07 Å². The number of hydrogen-bond donors (Lipinski definition) is 1. The van der Waals surface area contributed by atoms with Crippen LogP contribution < -0.4 is 0 Å². The molecular formula is C20H19N3O2. The van der Waals surface area contributed by atoms with Gasteiger partial charge in [0.2, 0.25) is 0 Å². The van der Waals surface area contributed by atoms with Crippen molar-refractivity contribution in [3.05, 3.63) is 71.6 Å². The van der Waals surface area contributed by atoms with E-state index in [1.54, 1.807) is 18.3 Å². The largest absolute Gasteiger partial charge is 0.394 e. The summed E-state index contributed by atoms with van der Waals surface area (Å²) in [6.07, 6.45) is 7.02. The van der Waals surface area contributed by atoms with E-state index in [2.05, 4.69) is 11.1 Å². The average molecular weight is 333 g/mol. The lowest BCUT2D eigenvalue weighted by molar-refractivity contribution is -0.00588. The minimum absolute atomic E-state index is 0.189. The molecule has 0 aliphatic carbocycles. The zero-order valence-electron chi connectivity index (χ0n) is 13.9. The Kier molecular flexibility index (Phi) is 4.92. The lowest BCUT2D eigenvalue weighted by atomic mass is 9.75. The number of allylic oxidation sites excluding steroid dienone is 1. The molecule has 2 heterocycles. The van der Waals surface area contributed by atoms with E-state index in [9.17, 15) is 15.2 Å². The smallest absolute Gasteiger partial charge is 0.256 e. The number of carbonyl (C=O) groups is 1. The van der Waals surface area contributed by atoms with Gasteiger partial charge in [-0.3, -0.25) is 9.78 Å². The number of aromatic nitrogens is 1. The predicted molar refractivity (Wildman–Crippen MR) is 94.6 cm³/mol. The molecular weight excluding hydrogens is 314 g/mol. The molecule has 1 fully saturated rings. The Morgan fingerprint density at radius 1 is 1.36 bits per heavy atom. The quantitative estimate of drug-likeness (QED) is 0.933. The molecule has 5 nitrogen and oxygen atoms in total. The van der Waals surface area contributed by atoms with Gasteiger partial charge in [-0.1, -0.05) is 36.4 Å². The molecule has 0 spiro atoms. The van der Waals surface area contributed by atoms with E-state index in [0.717, 1.165) is 11.1 Å². The van der Waals surface area contributed by atoms with Gasteiger partial charge in [0.1, 0.15) is 6.04 Å². The number of pyridine rings is 1. The van der Waals surface area contributed by atoms with Gasteiger partial charge in [0, 0.05) is 18.3 Å². The standard InChI is InChI=1S/C20H19N3O2/c1-2-4-14-6-8-15(9-7-14)19-17(11-21)23(18(19)13-24)20(25)16-5-3-10-22-12-16/h2-10,12,17-19,24H,13H2,1H3/t17-,18+,19+/m0/s1. The number of aliphatic hydroxyl groups excluding tert-OH is 1. The van der Waals surface area contributed by atoms with E-state index in [4.69, 9.17) is 0 Å². The van der Waals surface area contributed by atoms with Gasteiger partial charge in [-0.2, -0.15) is 5.26 Å². The fourth-order valence-electron chi connectivity index (χ4n) is 3.35. The third-order valence-electron chi connectivity index (χ3n) is 4.55. The summed E-state index contributed by atoms with van der Waals surface area (Å²) in [6.45, 7) is 1.76.